The van der Waals surface area contributed by atoms with Crippen LogP contribution in [0.15, 0.2) is 48.7 Å². The molecular formula is C23H28N6O. The molecule has 1 aromatic carbocycles. The highest BCUT2D eigenvalue weighted by Crippen LogP contribution is 2.27. The first-order chi connectivity index (χ1) is 14.6. The maximum Gasteiger partial charge on any atom is 0.272 e. The number of rotatable bonds is 4. The molecule has 5 rings (SSSR count). The zero-order valence-electron chi connectivity index (χ0n) is 17.5. The molecule has 1 amide bonds. The number of piperidine rings is 1. The van der Waals surface area contributed by atoms with Gasteiger partial charge in [0, 0.05) is 42.8 Å². The van der Waals surface area contributed by atoms with Crippen molar-refractivity contribution >= 4 is 16.8 Å². The van der Waals surface area contributed by atoms with Crippen LogP contribution < -0.4 is 5.32 Å². The van der Waals surface area contributed by atoms with Crippen LogP contribution in [0.4, 0.5) is 0 Å². The minimum absolute atomic E-state index is 0.0769. The molecule has 2 saturated heterocycles. The quantitative estimate of drug-likeness (QED) is 0.720. The van der Waals surface area contributed by atoms with Crippen molar-refractivity contribution in [3.05, 3.63) is 60.0 Å². The van der Waals surface area contributed by atoms with Crippen LogP contribution in [0, 0.1) is 0 Å². The van der Waals surface area contributed by atoms with Gasteiger partial charge in [0.2, 0.25) is 0 Å². The van der Waals surface area contributed by atoms with Crippen molar-refractivity contribution in [2.75, 3.05) is 27.2 Å². The van der Waals surface area contributed by atoms with E-state index in [1.54, 1.807) is 6.20 Å². The van der Waals surface area contributed by atoms with Crippen LogP contribution >= 0.6 is 0 Å². The lowest BCUT2D eigenvalue weighted by Crippen LogP contribution is -2.63. The summed E-state index contributed by atoms with van der Waals surface area (Å²) in [7, 11) is 4.40. The summed E-state index contributed by atoms with van der Waals surface area (Å²) in [5.74, 6) is -0.0769. The predicted molar refractivity (Wildman–Crippen MR) is 116 cm³/mol. The highest BCUT2D eigenvalue weighted by molar-refractivity contribution is 6.05. The normalized spacial score (nSPS) is 24.8. The van der Waals surface area contributed by atoms with Crippen molar-refractivity contribution < 1.29 is 4.79 Å². The minimum Gasteiger partial charge on any atom is -0.348 e. The lowest BCUT2D eigenvalue weighted by atomic mass is 9.88. The molecule has 4 heterocycles. The van der Waals surface area contributed by atoms with Crippen molar-refractivity contribution in [3.63, 3.8) is 0 Å². The summed E-state index contributed by atoms with van der Waals surface area (Å²) < 4.78 is 1.88. The fraction of sp³-hybridized carbons (Fsp3) is 0.435. The number of hydrogen-bond donors (Lipinski definition) is 1. The summed E-state index contributed by atoms with van der Waals surface area (Å²) in [5, 5.41) is 8.88. The molecule has 2 aromatic heterocycles. The number of aromatic nitrogens is 3. The Bertz CT molecular complexity index is 1030. The van der Waals surface area contributed by atoms with Gasteiger partial charge in [-0.15, -0.1) is 0 Å². The van der Waals surface area contributed by atoms with Crippen LogP contribution in [-0.4, -0.2) is 75.8 Å². The second kappa shape index (κ2) is 7.81. The Hall–Kier alpha value is -2.77. The zero-order valence-corrected chi connectivity index (χ0v) is 17.5. The molecule has 2 fully saturated rings. The Morgan fingerprint density at radius 2 is 1.80 bits per heavy atom. The highest BCUT2D eigenvalue weighted by atomic mass is 16.2. The molecule has 2 aliphatic heterocycles. The molecule has 2 aliphatic rings. The van der Waals surface area contributed by atoms with E-state index in [-0.39, 0.29) is 11.9 Å². The van der Waals surface area contributed by atoms with Gasteiger partial charge in [-0.1, -0.05) is 24.3 Å². The van der Waals surface area contributed by atoms with Crippen molar-refractivity contribution in [2.45, 2.75) is 37.5 Å². The maximum atomic E-state index is 13.2. The van der Waals surface area contributed by atoms with E-state index in [1.807, 2.05) is 47.1 Å². The summed E-state index contributed by atoms with van der Waals surface area (Å²) in [5.41, 5.74) is 2.38. The van der Waals surface area contributed by atoms with E-state index < -0.39 is 0 Å². The number of likely N-dealkylation sites (tertiary alicyclic amines) is 1. The number of nitrogens with one attached hydrogen (secondary N) is 1. The van der Waals surface area contributed by atoms with Crippen LogP contribution in [0.5, 0.6) is 0 Å². The first-order valence-electron chi connectivity index (χ1n) is 10.7. The molecule has 2 bridgehead atoms. The molecule has 0 unspecified atom stereocenters. The van der Waals surface area contributed by atoms with Crippen LogP contribution in [0.2, 0.25) is 0 Å². The minimum atomic E-state index is -0.0769. The molecule has 30 heavy (non-hydrogen) atoms. The predicted octanol–water partition coefficient (Wildman–Crippen LogP) is 1.99. The number of carbonyl (C=O) groups excluding carboxylic acids is 1. The van der Waals surface area contributed by atoms with E-state index in [9.17, 15) is 4.79 Å². The van der Waals surface area contributed by atoms with Gasteiger partial charge in [0.1, 0.15) is 0 Å². The number of benzene rings is 1. The number of carbonyl (C=O) groups is 1. The molecule has 7 heteroatoms. The Balaban J connectivity index is 1.38. The summed E-state index contributed by atoms with van der Waals surface area (Å²) in [6.07, 6.45) is 3.74. The van der Waals surface area contributed by atoms with E-state index in [0.29, 0.717) is 24.3 Å². The number of piperazine rings is 1. The third kappa shape index (κ3) is 3.59. The van der Waals surface area contributed by atoms with Crippen molar-refractivity contribution in [1.29, 1.82) is 0 Å². The van der Waals surface area contributed by atoms with Crippen LogP contribution in [0.1, 0.15) is 29.0 Å². The zero-order chi connectivity index (χ0) is 20.7. The molecular weight excluding hydrogens is 376 g/mol. The molecule has 0 aliphatic carbocycles. The average Bonchev–Trinajstić information content (AvgIpc) is 3.09. The maximum absolute atomic E-state index is 13.2. The monoisotopic (exact) mass is 404 g/mol. The molecule has 3 atom stereocenters. The molecule has 0 spiro atoms. The SMILES string of the molecule is CN1C[C@H]2C[C@@H](NC(=O)c3nn(Cc4ccccn4)c4ccccc34)C[C@@H](C1)N2C. The molecule has 1 N–H and O–H groups in total. The van der Waals surface area contributed by atoms with Gasteiger partial charge < -0.3 is 10.2 Å². The standard InChI is InChI=1S/C23H28N6O/c1-27-14-18-11-17(12-19(15-27)28(18)2)25-23(30)22-20-8-3-4-9-21(20)29(26-22)13-16-7-5-6-10-24-16/h3-10,17-19H,11-15H2,1-2H3,(H,25,30)/t17-,18-,19+. The van der Waals surface area contributed by atoms with Crippen LogP contribution in [-0.2, 0) is 6.54 Å². The van der Waals surface area contributed by atoms with E-state index in [1.165, 1.54) is 0 Å². The molecule has 156 valence electrons. The third-order valence-corrected chi connectivity index (χ3v) is 6.56. The average molecular weight is 405 g/mol. The number of amides is 1. The lowest BCUT2D eigenvalue weighted by Gasteiger charge is -2.50. The van der Waals surface area contributed by atoms with Crippen LogP contribution in [0.3, 0.4) is 0 Å². The number of nitrogens with zero attached hydrogens (tertiary/aromatic N) is 5. The molecule has 0 saturated carbocycles. The van der Waals surface area contributed by atoms with Gasteiger partial charge in [-0.25, -0.2) is 0 Å². The van der Waals surface area contributed by atoms with Gasteiger partial charge in [-0.2, -0.15) is 5.10 Å². The second-order valence-corrected chi connectivity index (χ2v) is 8.68. The largest absolute Gasteiger partial charge is 0.348 e. The molecule has 0 radical (unpaired) electrons. The first kappa shape index (κ1) is 19.2. The number of hydrogen-bond acceptors (Lipinski definition) is 5. The Labute approximate surface area is 176 Å². The summed E-state index contributed by atoms with van der Waals surface area (Å²) in [4.78, 5) is 22.5. The fourth-order valence-corrected chi connectivity index (χ4v) is 5.02. The number of fused-ring (bicyclic) bond motifs is 3. The van der Waals surface area contributed by atoms with Crippen molar-refractivity contribution in [3.8, 4) is 0 Å². The lowest BCUT2D eigenvalue weighted by molar-refractivity contribution is 0.00837. The van der Waals surface area contributed by atoms with E-state index >= 15 is 0 Å². The van der Waals surface area contributed by atoms with Crippen LogP contribution in [0.25, 0.3) is 10.9 Å². The Morgan fingerprint density at radius 3 is 2.53 bits per heavy atom. The third-order valence-electron chi connectivity index (χ3n) is 6.56. The van der Waals surface area contributed by atoms with Gasteiger partial charge in [0.25, 0.3) is 5.91 Å². The molecule has 7 nitrogen and oxygen atoms in total. The molecule has 3 aromatic rings. The number of likely N-dealkylation sites (N-methyl/N-ethyl adjacent to an activating group) is 2. The van der Waals surface area contributed by atoms with E-state index in [4.69, 9.17) is 5.10 Å². The topological polar surface area (TPSA) is 66.3 Å². The second-order valence-electron chi connectivity index (χ2n) is 8.68. The number of para-hydroxylation sites is 1. The van der Waals surface area contributed by atoms with Gasteiger partial charge >= 0.3 is 0 Å². The van der Waals surface area contributed by atoms with Gasteiger partial charge in [0.05, 0.1) is 17.8 Å². The fourth-order valence-electron chi connectivity index (χ4n) is 5.02. The Morgan fingerprint density at radius 1 is 1.07 bits per heavy atom. The number of pyridine rings is 1. The first-order valence-corrected chi connectivity index (χ1v) is 10.7. The van der Waals surface area contributed by atoms with E-state index in [0.717, 1.165) is 42.5 Å². The van der Waals surface area contributed by atoms with Crippen molar-refractivity contribution in [2.24, 2.45) is 0 Å². The smallest absolute Gasteiger partial charge is 0.272 e. The van der Waals surface area contributed by atoms with Gasteiger partial charge in [0.15, 0.2) is 5.69 Å². The van der Waals surface area contributed by atoms with Gasteiger partial charge in [-0.3, -0.25) is 19.4 Å². The summed E-state index contributed by atoms with van der Waals surface area (Å²) in [6, 6.07) is 15.0. The Kier molecular flexibility index (Phi) is 5.00. The van der Waals surface area contributed by atoms with E-state index in [2.05, 4.69) is 34.2 Å². The summed E-state index contributed by atoms with van der Waals surface area (Å²) in [6.45, 7) is 2.65. The summed E-state index contributed by atoms with van der Waals surface area (Å²) >= 11 is 0. The van der Waals surface area contributed by atoms with Gasteiger partial charge in [-0.05, 0) is 45.1 Å². The van der Waals surface area contributed by atoms with Crippen molar-refractivity contribution in [1.82, 2.24) is 29.9 Å². The highest BCUT2D eigenvalue weighted by Gasteiger charge is 2.38.